The Morgan fingerprint density at radius 2 is 1.71 bits per heavy atom. The smallest absolute Gasteiger partial charge is 0.303 e. The zero-order valence-corrected chi connectivity index (χ0v) is 19.2. The van der Waals surface area contributed by atoms with Gasteiger partial charge in [0.25, 0.3) is 0 Å². The SMILES string of the molecule is CCCCC[C@H](O)/C=C/[C@@H]1[C@@H](C/C=C\CCCC(=O)O)[C@H](O)C[C@H]1O.NCCCCN. The van der Waals surface area contributed by atoms with Gasteiger partial charge < -0.3 is 31.9 Å². The van der Waals surface area contributed by atoms with Gasteiger partial charge in [0.2, 0.25) is 0 Å². The van der Waals surface area contributed by atoms with Crippen molar-refractivity contribution in [2.24, 2.45) is 23.3 Å². The molecule has 0 radical (unpaired) electrons. The van der Waals surface area contributed by atoms with Gasteiger partial charge in [0.1, 0.15) is 0 Å². The lowest BCUT2D eigenvalue weighted by atomic mass is 9.89. The van der Waals surface area contributed by atoms with Crippen LogP contribution in [0.2, 0.25) is 0 Å². The number of unbranched alkanes of at least 4 members (excludes halogenated alkanes) is 4. The van der Waals surface area contributed by atoms with Crippen molar-refractivity contribution in [2.75, 3.05) is 13.1 Å². The topological polar surface area (TPSA) is 150 Å². The van der Waals surface area contributed by atoms with Gasteiger partial charge in [-0.25, -0.2) is 0 Å². The minimum atomic E-state index is -0.787. The number of allylic oxidation sites excluding steroid dienone is 2. The number of hydrogen-bond acceptors (Lipinski definition) is 6. The molecular formula is C24H46N2O5. The molecule has 7 heteroatoms. The highest BCUT2D eigenvalue weighted by Gasteiger charge is 2.39. The summed E-state index contributed by atoms with van der Waals surface area (Å²) in [5, 5.41) is 39.0. The Morgan fingerprint density at radius 1 is 1.03 bits per heavy atom. The van der Waals surface area contributed by atoms with Gasteiger partial charge in [-0.05, 0) is 57.5 Å². The molecule has 0 aromatic rings. The molecule has 182 valence electrons. The van der Waals surface area contributed by atoms with Crippen molar-refractivity contribution in [3.63, 3.8) is 0 Å². The summed E-state index contributed by atoms with van der Waals surface area (Å²) >= 11 is 0. The van der Waals surface area contributed by atoms with E-state index in [1.807, 2.05) is 18.2 Å². The maximum absolute atomic E-state index is 10.5. The lowest BCUT2D eigenvalue weighted by Gasteiger charge is -2.19. The van der Waals surface area contributed by atoms with Crippen molar-refractivity contribution in [2.45, 2.75) is 95.9 Å². The van der Waals surface area contributed by atoms with Gasteiger partial charge in [-0.3, -0.25) is 4.79 Å². The molecule has 1 aliphatic rings. The number of aliphatic carboxylic acids is 1. The van der Waals surface area contributed by atoms with Crippen molar-refractivity contribution in [1.82, 2.24) is 0 Å². The second kappa shape index (κ2) is 19.4. The van der Waals surface area contributed by atoms with Crippen molar-refractivity contribution in [3.8, 4) is 0 Å². The molecule has 0 aromatic carbocycles. The Balaban J connectivity index is 0.00000131. The average Bonchev–Trinajstić information content (AvgIpc) is 3.00. The average molecular weight is 443 g/mol. The van der Waals surface area contributed by atoms with Gasteiger partial charge in [-0.2, -0.15) is 0 Å². The molecule has 0 amide bonds. The summed E-state index contributed by atoms with van der Waals surface area (Å²) in [4.78, 5) is 10.5. The quantitative estimate of drug-likeness (QED) is 0.169. The van der Waals surface area contributed by atoms with E-state index in [0.717, 1.165) is 51.6 Å². The molecule has 1 rings (SSSR count). The summed E-state index contributed by atoms with van der Waals surface area (Å²) in [6, 6.07) is 0. The highest BCUT2D eigenvalue weighted by atomic mass is 16.4. The van der Waals surface area contributed by atoms with Crippen LogP contribution in [0.4, 0.5) is 0 Å². The van der Waals surface area contributed by atoms with Crippen LogP contribution in [0, 0.1) is 11.8 Å². The van der Waals surface area contributed by atoms with Crippen LogP contribution in [0.3, 0.4) is 0 Å². The third-order valence-electron chi connectivity index (χ3n) is 5.57. The Bertz CT molecular complexity index is 494. The minimum Gasteiger partial charge on any atom is -0.481 e. The predicted molar refractivity (Wildman–Crippen MR) is 125 cm³/mol. The summed E-state index contributed by atoms with van der Waals surface area (Å²) in [6.07, 6.45) is 14.4. The number of carboxylic acid groups (broad SMARTS) is 1. The summed E-state index contributed by atoms with van der Waals surface area (Å²) in [5.74, 6) is -1.00. The van der Waals surface area contributed by atoms with E-state index in [9.17, 15) is 20.1 Å². The van der Waals surface area contributed by atoms with Crippen molar-refractivity contribution in [1.29, 1.82) is 0 Å². The molecule has 8 N–H and O–H groups in total. The monoisotopic (exact) mass is 442 g/mol. The fourth-order valence-electron chi connectivity index (χ4n) is 3.69. The van der Waals surface area contributed by atoms with Gasteiger partial charge in [0, 0.05) is 18.8 Å². The standard InChI is InChI=1S/C20H34O5.C4H12N2/c1-2-3-6-9-15(21)12-13-17-16(18(22)14-19(17)23)10-7-4-5-8-11-20(24)25;5-3-1-2-4-6/h4,7,12-13,15-19,21-23H,2-3,5-6,8-11,14H2,1H3,(H,24,25);1-6H2/b7-4-,13-12+;/t15-,16+,17+,18+,19+;/m0./s1. The summed E-state index contributed by atoms with van der Waals surface area (Å²) in [7, 11) is 0. The number of carboxylic acids is 1. The van der Waals surface area contributed by atoms with E-state index in [1.165, 1.54) is 0 Å². The Labute approximate surface area is 188 Å². The lowest BCUT2D eigenvalue weighted by Crippen LogP contribution is -2.20. The fraction of sp³-hybridized carbons (Fsp3) is 0.792. The second-order valence-electron chi connectivity index (χ2n) is 8.34. The van der Waals surface area contributed by atoms with Crippen LogP contribution >= 0.6 is 0 Å². The highest BCUT2D eigenvalue weighted by Crippen LogP contribution is 2.36. The largest absolute Gasteiger partial charge is 0.481 e. The molecule has 31 heavy (non-hydrogen) atoms. The number of rotatable bonds is 15. The van der Waals surface area contributed by atoms with Crippen LogP contribution in [0.25, 0.3) is 0 Å². The first-order chi connectivity index (χ1) is 14.9. The number of aliphatic hydroxyl groups excluding tert-OH is 3. The normalized spacial score (nSPS) is 24.5. The second-order valence-corrected chi connectivity index (χ2v) is 8.34. The summed E-state index contributed by atoms with van der Waals surface area (Å²) < 4.78 is 0. The molecule has 1 aliphatic carbocycles. The van der Waals surface area contributed by atoms with Crippen LogP contribution in [-0.2, 0) is 4.79 Å². The van der Waals surface area contributed by atoms with E-state index in [4.69, 9.17) is 16.6 Å². The van der Waals surface area contributed by atoms with Crippen LogP contribution in [-0.4, -0.2) is 57.8 Å². The Morgan fingerprint density at radius 3 is 2.29 bits per heavy atom. The fourth-order valence-corrected chi connectivity index (χ4v) is 3.69. The van der Waals surface area contributed by atoms with E-state index in [1.54, 1.807) is 6.08 Å². The van der Waals surface area contributed by atoms with E-state index in [-0.39, 0.29) is 18.3 Å². The third-order valence-corrected chi connectivity index (χ3v) is 5.57. The number of aliphatic hydroxyl groups is 3. The molecule has 0 aliphatic heterocycles. The first-order valence-electron chi connectivity index (χ1n) is 11.9. The van der Waals surface area contributed by atoms with Gasteiger partial charge in [-0.15, -0.1) is 0 Å². The minimum absolute atomic E-state index is 0.0650. The van der Waals surface area contributed by atoms with E-state index in [2.05, 4.69) is 6.92 Å². The van der Waals surface area contributed by atoms with E-state index < -0.39 is 24.3 Å². The molecule has 5 atom stereocenters. The first kappa shape index (κ1) is 29.8. The van der Waals surface area contributed by atoms with E-state index in [0.29, 0.717) is 25.7 Å². The zero-order chi connectivity index (χ0) is 23.5. The van der Waals surface area contributed by atoms with Crippen LogP contribution in [0.5, 0.6) is 0 Å². The van der Waals surface area contributed by atoms with Gasteiger partial charge in [0.15, 0.2) is 0 Å². The summed E-state index contributed by atoms with van der Waals surface area (Å²) in [6.45, 7) is 3.67. The number of nitrogens with two attached hydrogens (primary N) is 2. The van der Waals surface area contributed by atoms with Crippen LogP contribution in [0.1, 0.15) is 77.6 Å². The molecule has 0 aromatic heterocycles. The van der Waals surface area contributed by atoms with E-state index >= 15 is 0 Å². The Kier molecular flexibility index (Phi) is 18.7. The molecule has 0 bridgehead atoms. The van der Waals surface area contributed by atoms with Crippen LogP contribution < -0.4 is 11.5 Å². The molecule has 1 fully saturated rings. The molecule has 0 unspecified atom stereocenters. The maximum atomic E-state index is 10.5. The molecular weight excluding hydrogens is 396 g/mol. The lowest BCUT2D eigenvalue weighted by molar-refractivity contribution is -0.137. The molecule has 1 saturated carbocycles. The third kappa shape index (κ3) is 15.2. The van der Waals surface area contributed by atoms with Crippen molar-refractivity contribution >= 4 is 5.97 Å². The highest BCUT2D eigenvalue weighted by molar-refractivity contribution is 5.66. The first-order valence-corrected chi connectivity index (χ1v) is 11.9. The number of hydrogen-bond donors (Lipinski definition) is 6. The molecule has 0 heterocycles. The Hall–Kier alpha value is -1.25. The molecule has 7 nitrogen and oxygen atoms in total. The van der Waals surface area contributed by atoms with Crippen LogP contribution in [0.15, 0.2) is 24.3 Å². The van der Waals surface area contributed by atoms with Crippen molar-refractivity contribution in [3.05, 3.63) is 24.3 Å². The number of carbonyl (C=O) groups is 1. The maximum Gasteiger partial charge on any atom is 0.303 e. The zero-order valence-electron chi connectivity index (χ0n) is 19.2. The van der Waals surface area contributed by atoms with Gasteiger partial charge in [0.05, 0.1) is 18.3 Å². The van der Waals surface area contributed by atoms with Crippen molar-refractivity contribution < 1.29 is 25.2 Å². The summed E-state index contributed by atoms with van der Waals surface area (Å²) in [5.41, 5.74) is 10.3. The van der Waals surface area contributed by atoms with Gasteiger partial charge in [-0.1, -0.05) is 50.5 Å². The molecule has 0 saturated heterocycles. The molecule has 0 spiro atoms. The van der Waals surface area contributed by atoms with Gasteiger partial charge >= 0.3 is 5.97 Å². The predicted octanol–water partition coefficient (Wildman–Crippen LogP) is 2.73.